The van der Waals surface area contributed by atoms with E-state index in [-0.39, 0.29) is 11.3 Å². The standard InChI is InChI=1S/C23H24N2O4/c26-21(18-9-5-2-6-10-18)19-20(17-7-3-1-4-8-17)25(23(28)22(19)27)12-11-24-13-15-29-16-14-24/h1-10,20,26H,11-16H2/b21-19+/t20-/m0/s1. The smallest absolute Gasteiger partial charge is 0.295 e. The second kappa shape index (κ2) is 8.59. The first-order valence-corrected chi connectivity index (χ1v) is 9.85. The molecule has 0 unspecified atom stereocenters. The minimum Gasteiger partial charge on any atom is -0.507 e. The maximum atomic E-state index is 12.9. The molecule has 2 aliphatic rings. The molecule has 1 amide bonds. The number of amides is 1. The molecule has 0 bridgehead atoms. The van der Waals surface area contributed by atoms with Crippen LogP contribution in [0.5, 0.6) is 0 Å². The van der Waals surface area contributed by atoms with Crippen molar-refractivity contribution < 1.29 is 19.4 Å². The number of aliphatic hydroxyl groups is 1. The molecule has 150 valence electrons. The van der Waals surface area contributed by atoms with Crippen LogP contribution in [0.3, 0.4) is 0 Å². The van der Waals surface area contributed by atoms with E-state index >= 15 is 0 Å². The minimum absolute atomic E-state index is 0.133. The van der Waals surface area contributed by atoms with Gasteiger partial charge in [-0.05, 0) is 5.56 Å². The summed E-state index contributed by atoms with van der Waals surface area (Å²) in [6.07, 6.45) is 0. The van der Waals surface area contributed by atoms with Gasteiger partial charge in [0.2, 0.25) is 0 Å². The lowest BCUT2D eigenvalue weighted by Gasteiger charge is -2.31. The van der Waals surface area contributed by atoms with Crippen molar-refractivity contribution in [3.8, 4) is 0 Å². The Morgan fingerprint density at radius 2 is 1.55 bits per heavy atom. The van der Waals surface area contributed by atoms with Crippen molar-refractivity contribution in [2.45, 2.75) is 6.04 Å². The quantitative estimate of drug-likeness (QED) is 0.481. The van der Waals surface area contributed by atoms with Crippen LogP contribution in [-0.2, 0) is 14.3 Å². The van der Waals surface area contributed by atoms with E-state index in [0.717, 1.165) is 18.7 Å². The number of rotatable bonds is 5. The largest absolute Gasteiger partial charge is 0.507 e. The van der Waals surface area contributed by atoms with Crippen LogP contribution in [0, 0.1) is 0 Å². The number of ketones is 1. The molecule has 1 N–H and O–H groups in total. The molecule has 29 heavy (non-hydrogen) atoms. The average molecular weight is 392 g/mol. The number of hydrogen-bond donors (Lipinski definition) is 1. The average Bonchev–Trinajstić information content (AvgIpc) is 3.04. The molecule has 0 aliphatic carbocycles. The Morgan fingerprint density at radius 3 is 2.21 bits per heavy atom. The number of likely N-dealkylation sites (tertiary alicyclic amines) is 1. The highest BCUT2D eigenvalue weighted by atomic mass is 16.5. The highest BCUT2D eigenvalue weighted by molar-refractivity contribution is 6.46. The van der Waals surface area contributed by atoms with Gasteiger partial charge in [-0.25, -0.2) is 0 Å². The lowest BCUT2D eigenvalue weighted by atomic mass is 9.95. The fourth-order valence-corrected chi connectivity index (χ4v) is 3.92. The molecule has 4 rings (SSSR count). The number of morpholine rings is 1. The molecule has 2 aromatic carbocycles. The van der Waals surface area contributed by atoms with Crippen LogP contribution in [0.4, 0.5) is 0 Å². The molecular formula is C23H24N2O4. The first-order valence-electron chi connectivity index (χ1n) is 9.85. The topological polar surface area (TPSA) is 70.1 Å². The summed E-state index contributed by atoms with van der Waals surface area (Å²) in [4.78, 5) is 29.6. The van der Waals surface area contributed by atoms with Gasteiger partial charge in [0.25, 0.3) is 11.7 Å². The SMILES string of the molecule is O=C1C(=O)N(CCN2CCOCC2)[C@@H](c2ccccc2)/C1=C(\O)c1ccccc1. The molecule has 2 fully saturated rings. The summed E-state index contributed by atoms with van der Waals surface area (Å²) < 4.78 is 5.38. The number of ether oxygens (including phenoxy) is 1. The van der Waals surface area contributed by atoms with Gasteiger partial charge in [0.05, 0.1) is 24.8 Å². The second-order valence-corrected chi connectivity index (χ2v) is 7.22. The fourth-order valence-electron chi connectivity index (χ4n) is 3.92. The number of hydrogen-bond acceptors (Lipinski definition) is 5. The molecule has 0 aromatic heterocycles. The Bertz CT molecular complexity index is 905. The predicted molar refractivity (Wildman–Crippen MR) is 109 cm³/mol. The van der Waals surface area contributed by atoms with Crippen molar-refractivity contribution in [3.05, 3.63) is 77.4 Å². The van der Waals surface area contributed by atoms with Gasteiger partial charge in [0, 0.05) is 31.7 Å². The van der Waals surface area contributed by atoms with Gasteiger partial charge in [0.15, 0.2) is 0 Å². The highest BCUT2D eigenvalue weighted by Crippen LogP contribution is 2.39. The van der Waals surface area contributed by atoms with Gasteiger partial charge in [-0.3, -0.25) is 14.5 Å². The summed E-state index contributed by atoms with van der Waals surface area (Å²) in [5, 5.41) is 10.9. The molecule has 0 radical (unpaired) electrons. The van der Waals surface area contributed by atoms with Gasteiger partial charge < -0.3 is 14.7 Å². The minimum atomic E-state index is -0.637. The Hall–Kier alpha value is -2.96. The third kappa shape index (κ3) is 3.95. The first kappa shape index (κ1) is 19.4. The summed E-state index contributed by atoms with van der Waals surface area (Å²) >= 11 is 0. The van der Waals surface area contributed by atoms with Crippen molar-refractivity contribution >= 4 is 17.4 Å². The number of carbonyl (C=O) groups excluding carboxylic acids is 2. The van der Waals surface area contributed by atoms with E-state index in [1.54, 1.807) is 29.2 Å². The summed E-state index contributed by atoms with van der Waals surface area (Å²) in [7, 11) is 0. The van der Waals surface area contributed by atoms with Crippen LogP contribution in [0.2, 0.25) is 0 Å². The molecule has 0 spiro atoms. The zero-order chi connectivity index (χ0) is 20.2. The molecule has 2 aliphatic heterocycles. The van der Waals surface area contributed by atoms with Crippen LogP contribution in [0.1, 0.15) is 17.2 Å². The van der Waals surface area contributed by atoms with E-state index in [4.69, 9.17) is 4.74 Å². The van der Waals surface area contributed by atoms with Crippen molar-refractivity contribution in [1.29, 1.82) is 0 Å². The maximum absolute atomic E-state index is 12.9. The van der Waals surface area contributed by atoms with Gasteiger partial charge in [-0.1, -0.05) is 60.7 Å². The lowest BCUT2D eigenvalue weighted by molar-refractivity contribution is -0.140. The maximum Gasteiger partial charge on any atom is 0.295 e. The summed E-state index contributed by atoms with van der Waals surface area (Å²) in [6.45, 7) is 4.04. The summed E-state index contributed by atoms with van der Waals surface area (Å²) in [5.74, 6) is -1.33. The van der Waals surface area contributed by atoms with Crippen molar-refractivity contribution in [1.82, 2.24) is 9.80 Å². The third-order valence-corrected chi connectivity index (χ3v) is 5.46. The monoisotopic (exact) mass is 392 g/mol. The van der Waals surface area contributed by atoms with Gasteiger partial charge in [-0.15, -0.1) is 0 Å². The van der Waals surface area contributed by atoms with E-state index in [2.05, 4.69) is 4.90 Å². The van der Waals surface area contributed by atoms with E-state index in [1.165, 1.54) is 0 Å². The second-order valence-electron chi connectivity index (χ2n) is 7.22. The van der Waals surface area contributed by atoms with Crippen LogP contribution in [-0.4, -0.2) is 66.0 Å². The Labute approximate surface area is 170 Å². The van der Waals surface area contributed by atoms with Crippen LogP contribution < -0.4 is 0 Å². The number of Topliss-reactive ketones (excluding diaryl/α,β-unsaturated/α-hetero) is 1. The van der Waals surface area contributed by atoms with E-state index in [1.807, 2.05) is 36.4 Å². The van der Waals surface area contributed by atoms with Gasteiger partial charge in [0.1, 0.15) is 5.76 Å². The molecule has 6 heteroatoms. The van der Waals surface area contributed by atoms with Crippen molar-refractivity contribution in [3.63, 3.8) is 0 Å². The molecule has 2 aromatic rings. The Kier molecular flexibility index (Phi) is 5.74. The lowest BCUT2D eigenvalue weighted by Crippen LogP contribution is -2.42. The molecule has 6 nitrogen and oxygen atoms in total. The number of nitrogens with zero attached hydrogens (tertiary/aromatic N) is 2. The molecular weight excluding hydrogens is 368 g/mol. The normalized spacial score (nSPS) is 22.2. The zero-order valence-electron chi connectivity index (χ0n) is 16.2. The molecule has 0 saturated carbocycles. The highest BCUT2D eigenvalue weighted by Gasteiger charge is 2.45. The van der Waals surface area contributed by atoms with Crippen LogP contribution >= 0.6 is 0 Å². The molecule has 2 saturated heterocycles. The van der Waals surface area contributed by atoms with Crippen LogP contribution in [0.25, 0.3) is 5.76 Å². The zero-order valence-corrected chi connectivity index (χ0v) is 16.2. The van der Waals surface area contributed by atoms with E-state index in [9.17, 15) is 14.7 Å². The first-order chi connectivity index (χ1) is 14.2. The summed E-state index contributed by atoms with van der Waals surface area (Å²) in [6, 6.07) is 17.7. The van der Waals surface area contributed by atoms with Gasteiger partial charge in [-0.2, -0.15) is 0 Å². The van der Waals surface area contributed by atoms with Gasteiger partial charge >= 0.3 is 0 Å². The Balaban J connectivity index is 1.70. The number of aliphatic hydroxyl groups excluding tert-OH is 1. The molecule has 2 heterocycles. The van der Waals surface area contributed by atoms with Crippen LogP contribution in [0.15, 0.2) is 66.2 Å². The van der Waals surface area contributed by atoms with Crippen molar-refractivity contribution in [2.24, 2.45) is 0 Å². The summed E-state index contributed by atoms with van der Waals surface area (Å²) in [5.41, 5.74) is 1.49. The fraction of sp³-hybridized carbons (Fsp3) is 0.304. The number of benzene rings is 2. The number of carbonyl (C=O) groups is 2. The van der Waals surface area contributed by atoms with E-state index < -0.39 is 17.7 Å². The Morgan fingerprint density at radius 1 is 0.931 bits per heavy atom. The third-order valence-electron chi connectivity index (χ3n) is 5.46. The predicted octanol–water partition coefficient (Wildman–Crippen LogP) is 2.44. The molecule has 1 atom stereocenters. The van der Waals surface area contributed by atoms with E-state index in [0.29, 0.717) is 31.9 Å². The van der Waals surface area contributed by atoms with Crippen molar-refractivity contribution in [2.75, 3.05) is 39.4 Å².